The Morgan fingerprint density at radius 2 is 2.39 bits per heavy atom. The van der Waals surface area contributed by atoms with Crippen molar-refractivity contribution in [3.63, 3.8) is 0 Å². The molecular formula is C13H11NO3S. The number of aromatic nitrogens is 1. The van der Waals surface area contributed by atoms with Crippen molar-refractivity contribution in [3.05, 3.63) is 34.8 Å². The van der Waals surface area contributed by atoms with Crippen LogP contribution in [0.15, 0.2) is 23.6 Å². The Morgan fingerprint density at radius 3 is 3.22 bits per heavy atom. The third-order valence-electron chi connectivity index (χ3n) is 2.82. The molecule has 18 heavy (non-hydrogen) atoms. The number of fused-ring (bicyclic) bond motifs is 1. The maximum atomic E-state index is 10.6. The fourth-order valence-electron chi connectivity index (χ4n) is 2.00. The zero-order valence-corrected chi connectivity index (χ0v) is 10.4. The summed E-state index contributed by atoms with van der Waals surface area (Å²) in [7, 11) is 0. The molecule has 5 heteroatoms. The SMILES string of the molecule is O=C(O)Cc1csc(-c2ccc3c(c2)CCO3)n1. The maximum absolute atomic E-state index is 10.6. The van der Waals surface area contributed by atoms with Crippen molar-refractivity contribution < 1.29 is 14.6 Å². The van der Waals surface area contributed by atoms with E-state index in [9.17, 15) is 4.79 Å². The lowest BCUT2D eigenvalue weighted by Crippen LogP contribution is -1.99. The van der Waals surface area contributed by atoms with Crippen LogP contribution in [0, 0.1) is 0 Å². The van der Waals surface area contributed by atoms with E-state index in [0.717, 1.165) is 29.3 Å². The summed E-state index contributed by atoms with van der Waals surface area (Å²) in [6, 6.07) is 6.00. The molecule has 0 spiro atoms. The van der Waals surface area contributed by atoms with Gasteiger partial charge in [0, 0.05) is 17.4 Å². The Kier molecular flexibility index (Phi) is 2.76. The molecule has 1 aliphatic heterocycles. The highest BCUT2D eigenvalue weighted by atomic mass is 32.1. The average Bonchev–Trinajstić information content (AvgIpc) is 2.95. The van der Waals surface area contributed by atoms with Gasteiger partial charge in [0.05, 0.1) is 18.7 Å². The van der Waals surface area contributed by atoms with Crippen LogP contribution in [-0.4, -0.2) is 22.7 Å². The number of ether oxygens (including phenoxy) is 1. The fraction of sp³-hybridized carbons (Fsp3) is 0.231. The van der Waals surface area contributed by atoms with Gasteiger partial charge in [0.25, 0.3) is 0 Å². The molecular weight excluding hydrogens is 250 g/mol. The van der Waals surface area contributed by atoms with Gasteiger partial charge in [0.15, 0.2) is 0 Å². The Bertz CT molecular complexity index is 606. The first-order valence-electron chi connectivity index (χ1n) is 5.64. The predicted molar refractivity (Wildman–Crippen MR) is 68.1 cm³/mol. The molecule has 0 radical (unpaired) electrons. The van der Waals surface area contributed by atoms with E-state index in [2.05, 4.69) is 11.1 Å². The number of hydrogen-bond acceptors (Lipinski definition) is 4. The van der Waals surface area contributed by atoms with Crippen LogP contribution in [-0.2, 0) is 17.6 Å². The molecule has 0 unspecified atom stereocenters. The van der Waals surface area contributed by atoms with E-state index in [4.69, 9.17) is 9.84 Å². The minimum atomic E-state index is -0.853. The van der Waals surface area contributed by atoms with Crippen LogP contribution >= 0.6 is 11.3 Å². The van der Waals surface area contributed by atoms with Gasteiger partial charge in [-0.15, -0.1) is 11.3 Å². The lowest BCUT2D eigenvalue weighted by atomic mass is 10.1. The summed E-state index contributed by atoms with van der Waals surface area (Å²) in [6.07, 6.45) is 0.904. The molecule has 0 fully saturated rings. The second kappa shape index (κ2) is 4.42. The van der Waals surface area contributed by atoms with Crippen molar-refractivity contribution in [3.8, 4) is 16.3 Å². The largest absolute Gasteiger partial charge is 0.493 e. The molecule has 92 valence electrons. The number of carboxylic acids is 1. The summed E-state index contributed by atoms with van der Waals surface area (Å²) >= 11 is 1.47. The number of hydrogen-bond donors (Lipinski definition) is 1. The van der Waals surface area contributed by atoms with Gasteiger partial charge in [0.1, 0.15) is 10.8 Å². The Labute approximate surface area is 108 Å². The molecule has 1 aromatic carbocycles. The number of benzene rings is 1. The Balaban J connectivity index is 1.90. The summed E-state index contributed by atoms with van der Waals surface area (Å²) in [4.78, 5) is 15.0. The van der Waals surface area contributed by atoms with Crippen LogP contribution in [0.3, 0.4) is 0 Å². The molecule has 4 nitrogen and oxygen atoms in total. The summed E-state index contributed by atoms with van der Waals surface area (Å²) in [6.45, 7) is 0.737. The van der Waals surface area contributed by atoms with Gasteiger partial charge in [-0.2, -0.15) is 0 Å². The van der Waals surface area contributed by atoms with Crippen molar-refractivity contribution in [2.24, 2.45) is 0 Å². The number of nitrogens with zero attached hydrogens (tertiary/aromatic N) is 1. The molecule has 1 aromatic heterocycles. The van der Waals surface area contributed by atoms with Gasteiger partial charge in [-0.05, 0) is 23.8 Å². The van der Waals surface area contributed by atoms with Crippen LogP contribution in [0.4, 0.5) is 0 Å². The summed E-state index contributed by atoms with van der Waals surface area (Å²) in [5, 5.41) is 11.4. The third-order valence-corrected chi connectivity index (χ3v) is 3.76. The molecule has 0 bridgehead atoms. The second-order valence-electron chi connectivity index (χ2n) is 4.14. The first kappa shape index (κ1) is 11.2. The quantitative estimate of drug-likeness (QED) is 0.921. The Morgan fingerprint density at radius 1 is 1.50 bits per heavy atom. The highest BCUT2D eigenvalue weighted by molar-refractivity contribution is 7.13. The van der Waals surface area contributed by atoms with Crippen LogP contribution in [0.5, 0.6) is 5.75 Å². The molecule has 1 N–H and O–H groups in total. The first-order valence-corrected chi connectivity index (χ1v) is 6.52. The van der Waals surface area contributed by atoms with Crippen LogP contribution < -0.4 is 4.74 Å². The lowest BCUT2D eigenvalue weighted by molar-refractivity contribution is -0.136. The predicted octanol–water partition coefficient (Wildman–Crippen LogP) is 2.37. The number of thiazole rings is 1. The van der Waals surface area contributed by atoms with Gasteiger partial charge in [-0.3, -0.25) is 4.79 Å². The zero-order chi connectivity index (χ0) is 12.5. The van der Waals surface area contributed by atoms with Crippen molar-refractivity contribution in [1.82, 2.24) is 4.98 Å². The van der Waals surface area contributed by atoms with Crippen molar-refractivity contribution in [2.75, 3.05) is 6.61 Å². The molecule has 0 aliphatic carbocycles. The molecule has 0 saturated carbocycles. The van der Waals surface area contributed by atoms with E-state index < -0.39 is 5.97 Å². The van der Waals surface area contributed by atoms with E-state index >= 15 is 0 Å². The zero-order valence-electron chi connectivity index (χ0n) is 9.55. The normalized spacial score (nSPS) is 13.1. The molecule has 0 amide bonds. The second-order valence-corrected chi connectivity index (χ2v) is 4.99. The molecule has 2 aromatic rings. The number of carboxylic acid groups (broad SMARTS) is 1. The standard InChI is InChI=1S/C13H11NO3S/c15-12(16)6-10-7-18-13(14-10)9-1-2-11-8(5-9)3-4-17-11/h1-2,5,7H,3-4,6H2,(H,15,16). The summed E-state index contributed by atoms with van der Waals surface area (Å²) in [5.74, 6) is 0.0928. The van der Waals surface area contributed by atoms with Crippen molar-refractivity contribution >= 4 is 17.3 Å². The topological polar surface area (TPSA) is 59.4 Å². The molecule has 2 heterocycles. The van der Waals surface area contributed by atoms with Gasteiger partial charge in [-0.25, -0.2) is 4.98 Å². The highest BCUT2D eigenvalue weighted by Gasteiger charge is 2.14. The van der Waals surface area contributed by atoms with Crippen LogP contribution in [0.25, 0.3) is 10.6 Å². The van der Waals surface area contributed by atoms with Gasteiger partial charge in [0.2, 0.25) is 0 Å². The molecule has 3 rings (SSSR count). The fourth-order valence-corrected chi connectivity index (χ4v) is 2.81. The summed E-state index contributed by atoms with van der Waals surface area (Å²) < 4.78 is 5.45. The van der Waals surface area contributed by atoms with Gasteiger partial charge >= 0.3 is 5.97 Å². The number of rotatable bonds is 3. The minimum Gasteiger partial charge on any atom is -0.493 e. The Hall–Kier alpha value is -1.88. The van der Waals surface area contributed by atoms with Crippen molar-refractivity contribution in [1.29, 1.82) is 0 Å². The third kappa shape index (κ3) is 2.09. The van der Waals surface area contributed by atoms with E-state index in [1.54, 1.807) is 5.38 Å². The average molecular weight is 261 g/mol. The van der Waals surface area contributed by atoms with E-state index in [-0.39, 0.29) is 6.42 Å². The number of carbonyl (C=O) groups is 1. The number of aliphatic carboxylic acids is 1. The van der Waals surface area contributed by atoms with Crippen LogP contribution in [0.2, 0.25) is 0 Å². The molecule has 0 saturated heterocycles. The molecule has 0 atom stereocenters. The van der Waals surface area contributed by atoms with Crippen molar-refractivity contribution in [2.45, 2.75) is 12.8 Å². The minimum absolute atomic E-state index is 0.0233. The maximum Gasteiger partial charge on any atom is 0.309 e. The van der Waals surface area contributed by atoms with Gasteiger partial charge < -0.3 is 9.84 Å². The van der Waals surface area contributed by atoms with Gasteiger partial charge in [-0.1, -0.05) is 0 Å². The lowest BCUT2D eigenvalue weighted by Gasteiger charge is -2.00. The summed E-state index contributed by atoms with van der Waals surface area (Å²) in [5.41, 5.74) is 2.84. The highest BCUT2D eigenvalue weighted by Crippen LogP contribution is 2.31. The van der Waals surface area contributed by atoms with E-state index in [1.165, 1.54) is 16.9 Å². The molecule has 1 aliphatic rings. The first-order chi connectivity index (χ1) is 8.72. The monoisotopic (exact) mass is 261 g/mol. The van der Waals surface area contributed by atoms with E-state index in [0.29, 0.717) is 5.69 Å². The van der Waals surface area contributed by atoms with E-state index in [1.807, 2.05) is 12.1 Å². The smallest absolute Gasteiger partial charge is 0.309 e. The van der Waals surface area contributed by atoms with Crippen LogP contribution in [0.1, 0.15) is 11.3 Å².